The Hall–Kier alpha value is -3.27. The van der Waals surface area contributed by atoms with Crippen LogP contribution in [0.1, 0.15) is 20.9 Å². The summed E-state index contributed by atoms with van der Waals surface area (Å²) >= 11 is 7.06. The van der Waals surface area contributed by atoms with Crippen LogP contribution in [0, 0.1) is 0 Å². The molecule has 4 rings (SSSR count). The van der Waals surface area contributed by atoms with Crippen LogP contribution in [0.4, 0.5) is 0 Å². The monoisotopic (exact) mass is 441 g/mol. The van der Waals surface area contributed by atoms with Crippen molar-refractivity contribution in [3.63, 3.8) is 0 Å². The molecule has 0 spiro atoms. The average Bonchev–Trinajstić information content (AvgIpc) is 3.41. The first-order valence-electron chi connectivity index (χ1n) is 8.92. The molecule has 0 aliphatic carbocycles. The normalized spacial score (nSPS) is 10.9. The standard InChI is InChI=1S/C20H16ClN5O3S/c21-17-7-6-16(30-17)20(29)22-10-15-19(24-25-23-15)14-5-4-13(9-12(14)11-27)26-8-2-1-3-18(26)28/h1-9,27H,10-11H2,(H,22,29)(H,23,24,25). The van der Waals surface area contributed by atoms with Gasteiger partial charge in [0.15, 0.2) is 0 Å². The lowest BCUT2D eigenvalue weighted by Gasteiger charge is -2.11. The van der Waals surface area contributed by atoms with Gasteiger partial charge in [-0.2, -0.15) is 15.4 Å². The van der Waals surface area contributed by atoms with Crippen molar-refractivity contribution >= 4 is 28.8 Å². The summed E-state index contributed by atoms with van der Waals surface area (Å²) < 4.78 is 2.02. The van der Waals surface area contributed by atoms with E-state index in [1.165, 1.54) is 22.0 Å². The number of amides is 1. The minimum Gasteiger partial charge on any atom is -0.392 e. The number of aromatic nitrogens is 4. The van der Waals surface area contributed by atoms with E-state index in [2.05, 4.69) is 20.7 Å². The third-order valence-corrected chi connectivity index (χ3v) is 5.68. The molecule has 1 aromatic carbocycles. The first-order chi connectivity index (χ1) is 14.6. The molecule has 4 aromatic rings. The van der Waals surface area contributed by atoms with Crippen molar-refractivity contribution in [2.75, 3.05) is 0 Å². The van der Waals surface area contributed by atoms with Crippen LogP contribution >= 0.6 is 22.9 Å². The number of pyridine rings is 1. The topological polar surface area (TPSA) is 113 Å². The number of benzene rings is 1. The summed E-state index contributed by atoms with van der Waals surface area (Å²) in [6.07, 6.45) is 1.66. The highest BCUT2D eigenvalue weighted by Crippen LogP contribution is 2.27. The second kappa shape index (κ2) is 8.62. The first-order valence-corrected chi connectivity index (χ1v) is 10.1. The highest BCUT2D eigenvalue weighted by Gasteiger charge is 2.17. The fourth-order valence-corrected chi connectivity index (χ4v) is 3.97. The van der Waals surface area contributed by atoms with Gasteiger partial charge in [0.1, 0.15) is 11.4 Å². The van der Waals surface area contributed by atoms with Crippen LogP contribution in [0.15, 0.2) is 59.5 Å². The van der Waals surface area contributed by atoms with E-state index >= 15 is 0 Å². The number of rotatable bonds is 6. The van der Waals surface area contributed by atoms with Gasteiger partial charge >= 0.3 is 0 Å². The van der Waals surface area contributed by atoms with Gasteiger partial charge in [0.25, 0.3) is 11.5 Å². The summed E-state index contributed by atoms with van der Waals surface area (Å²) in [5.74, 6) is -0.262. The van der Waals surface area contributed by atoms with E-state index in [1.54, 1.807) is 48.7 Å². The number of aliphatic hydroxyl groups is 1. The van der Waals surface area contributed by atoms with Crippen molar-refractivity contribution in [3.05, 3.63) is 85.6 Å². The fraction of sp³-hybridized carbons (Fsp3) is 0.100. The molecule has 3 N–H and O–H groups in total. The second-order valence-electron chi connectivity index (χ2n) is 6.31. The number of halogens is 1. The molecule has 0 fully saturated rings. The van der Waals surface area contributed by atoms with E-state index in [4.69, 9.17) is 11.6 Å². The van der Waals surface area contributed by atoms with E-state index in [1.807, 2.05) is 0 Å². The zero-order chi connectivity index (χ0) is 21.1. The van der Waals surface area contributed by atoms with Gasteiger partial charge in [0, 0.05) is 23.5 Å². The van der Waals surface area contributed by atoms with Gasteiger partial charge in [0.2, 0.25) is 0 Å². The van der Waals surface area contributed by atoms with Gasteiger partial charge in [-0.15, -0.1) is 11.3 Å². The summed E-state index contributed by atoms with van der Waals surface area (Å²) in [4.78, 5) is 24.8. The molecule has 0 aliphatic rings. The van der Waals surface area contributed by atoms with Crippen molar-refractivity contribution in [1.82, 2.24) is 25.3 Å². The number of aliphatic hydroxyl groups excluding tert-OH is 1. The third-order valence-electron chi connectivity index (χ3n) is 4.45. The third kappa shape index (κ3) is 4.04. The van der Waals surface area contributed by atoms with Gasteiger partial charge in [0.05, 0.1) is 22.4 Å². The lowest BCUT2D eigenvalue weighted by Crippen LogP contribution is -2.22. The minimum atomic E-state index is -0.262. The van der Waals surface area contributed by atoms with Crippen LogP contribution in [-0.4, -0.2) is 31.0 Å². The molecular formula is C20H16ClN5O3S. The number of hydrogen-bond donors (Lipinski definition) is 3. The predicted octanol–water partition coefficient (Wildman–Crippen LogP) is 2.76. The highest BCUT2D eigenvalue weighted by atomic mass is 35.5. The number of carbonyl (C=O) groups is 1. The molecule has 1 amide bonds. The van der Waals surface area contributed by atoms with Crippen LogP contribution in [0.3, 0.4) is 0 Å². The number of aromatic amines is 1. The van der Waals surface area contributed by atoms with Crippen LogP contribution in [0.2, 0.25) is 4.34 Å². The molecule has 0 bridgehead atoms. The Morgan fingerprint density at radius 3 is 2.80 bits per heavy atom. The van der Waals surface area contributed by atoms with Crippen LogP contribution < -0.4 is 10.9 Å². The molecule has 0 saturated heterocycles. The number of H-pyrrole nitrogens is 1. The molecule has 8 nitrogen and oxygen atoms in total. The molecule has 10 heteroatoms. The molecule has 30 heavy (non-hydrogen) atoms. The van der Waals surface area contributed by atoms with Crippen LogP contribution in [0.5, 0.6) is 0 Å². The van der Waals surface area contributed by atoms with Crippen LogP contribution in [0.25, 0.3) is 16.9 Å². The second-order valence-corrected chi connectivity index (χ2v) is 8.03. The maximum absolute atomic E-state index is 12.3. The number of hydrogen-bond acceptors (Lipinski definition) is 6. The maximum Gasteiger partial charge on any atom is 0.261 e. The van der Waals surface area contributed by atoms with Gasteiger partial charge in [-0.05, 0) is 35.9 Å². The fourth-order valence-electron chi connectivity index (χ4n) is 3.01. The van der Waals surface area contributed by atoms with Crippen molar-refractivity contribution in [2.45, 2.75) is 13.2 Å². The van der Waals surface area contributed by atoms with Crippen molar-refractivity contribution < 1.29 is 9.90 Å². The molecular weight excluding hydrogens is 426 g/mol. The summed E-state index contributed by atoms with van der Waals surface area (Å²) in [7, 11) is 0. The first kappa shape index (κ1) is 20.0. The number of carbonyl (C=O) groups excluding carboxylic acids is 1. The molecule has 3 heterocycles. The Kier molecular flexibility index (Phi) is 5.75. The SMILES string of the molecule is O=C(NCc1n[nH]nc1-c1ccc(-n2ccccc2=O)cc1CO)c1ccc(Cl)s1. The summed E-state index contributed by atoms with van der Waals surface area (Å²) in [6.45, 7) is -0.109. The van der Waals surface area contributed by atoms with Gasteiger partial charge < -0.3 is 10.4 Å². The van der Waals surface area contributed by atoms with Crippen molar-refractivity contribution in [1.29, 1.82) is 0 Å². The Morgan fingerprint density at radius 2 is 2.07 bits per heavy atom. The number of nitrogens with one attached hydrogen (secondary N) is 2. The van der Waals surface area contributed by atoms with E-state index in [-0.39, 0.29) is 24.6 Å². The van der Waals surface area contributed by atoms with E-state index in [0.29, 0.717) is 37.4 Å². The van der Waals surface area contributed by atoms with Crippen molar-refractivity contribution in [3.8, 4) is 16.9 Å². The molecule has 3 aromatic heterocycles. The molecule has 0 aliphatic heterocycles. The Labute approximate surface area is 179 Å². The Bertz CT molecular complexity index is 1260. The van der Waals surface area contributed by atoms with E-state index < -0.39 is 0 Å². The van der Waals surface area contributed by atoms with Crippen LogP contribution in [-0.2, 0) is 13.2 Å². The molecule has 0 atom stereocenters. The van der Waals surface area contributed by atoms with E-state index in [0.717, 1.165) is 0 Å². The highest BCUT2D eigenvalue weighted by molar-refractivity contribution is 7.17. The number of nitrogens with zero attached hydrogens (tertiary/aromatic N) is 3. The van der Waals surface area contributed by atoms with Crippen molar-refractivity contribution in [2.24, 2.45) is 0 Å². The van der Waals surface area contributed by atoms with E-state index in [9.17, 15) is 14.7 Å². The quantitative estimate of drug-likeness (QED) is 0.426. The average molecular weight is 442 g/mol. The molecule has 0 saturated carbocycles. The summed E-state index contributed by atoms with van der Waals surface area (Å²) in [6, 6.07) is 13.5. The van der Waals surface area contributed by atoms with Gasteiger partial charge in [-0.3, -0.25) is 14.2 Å². The van der Waals surface area contributed by atoms with Gasteiger partial charge in [-0.25, -0.2) is 0 Å². The molecule has 0 radical (unpaired) electrons. The lowest BCUT2D eigenvalue weighted by molar-refractivity contribution is 0.0954. The minimum absolute atomic E-state index is 0.144. The summed E-state index contributed by atoms with van der Waals surface area (Å²) in [5, 5.41) is 23.6. The zero-order valence-corrected chi connectivity index (χ0v) is 17.1. The molecule has 152 valence electrons. The molecule has 0 unspecified atom stereocenters. The Balaban J connectivity index is 1.60. The lowest BCUT2D eigenvalue weighted by atomic mass is 10.0. The smallest absolute Gasteiger partial charge is 0.261 e. The largest absolute Gasteiger partial charge is 0.392 e. The Morgan fingerprint density at radius 1 is 1.20 bits per heavy atom. The maximum atomic E-state index is 12.3. The zero-order valence-electron chi connectivity index (χ0n) is 15.5. The summed E-state index contributed by atoms with van der Waals surface area (Å²) in [5.41, 5.74) is 2.71. The van der Waals surface area contributed by atoms with Gasteiger partial charge in [-0.1, -0.05) is 23.7 Å². The number of thiophene rings is 1. The predicted molar refractivity (Wildman–Crippen MR) is 114 cm³/mol.